The van der Waals surface area contributed by atoms with Crippen LogP contribution in [-0.2, 0) is 12.6 Å². The largest absolute Gasteiger partial charge is 0.416 e. The van der Waals surface area contributed by atoms with Crippen molar-refractivity contribution in [3.05, 3.63) is 52.3 Å². The van der Waals surface area contributed by atoms with E-state index in [1.165, 1.54) is 12.1 Å². The van der Waals surface area contributed by atoms with E-state index < -0.39 is 11.7 Å². The Kier molecular flexibility index (Phi) is 3.65. The predicted octanol–water partition coefficient (Wildman–Crippen LogP) is 4.95. The van der Waals surface area contributed by atoms with Crippen LogP contribution in [0, 0.1) is 0 Å². The number of aryl methyl sites for hydroxylation is 1. The van der Waals surface area contributed by atoms with Crippen LogP contribution < -0.4 is 4.90 Å². The van der Waals surface area contributed by atoms with Crippen molar-refractivity contribution in [2.24, 2.45) is 0 Å². The van der Waals surface area contributed by atoms with Gasteiger partial charge in [-0.2, -0.15) is 13.2 Å². The Balaban J connectivity index is 1.95. The molecule has 0 saturated heterocycles. The van der Waals surface area contributed by atoms with E-state index in [0.29, 0.717) is 0 Å². The number of halogens is 4. The second-order valence-electron chi connectivity index (χ2n) is 4.90. The Hall–Kier alpha value is -1.56. The summed E-state index contributed by atoms with van der Waals surface area (Å²) in [6, 6.07) is 9.07. The van der Waals surface area contributed by atoms with Crippen LogP contribution >= 0.6 is 15.9 Å². The Morgan fingerprint density at radius 2 is 1.76 bits per heavy atom. The molecule has 21 heavy (non-hydrogen) atoms. The second kappa shape index (κ2) is 5.33. The van der Waals surface area contributed by atoms with Gasteiger partial charge in [0, 0.05) is 12.2 Å². The molecule has 0 saturated carbocycles. The van der Waals surface area contributed by atoms with Crippen LogP contribution in [0.4, 0.5) is 24.5 Å². The van der Waals surface area contributed by atoms with Gasteiger partial charge in [0.25, 0.3) is 0 Å². The van der Waals surface area contributed by atoms with E-state index in [1.807, 2.05) is 17.0 Å². The van der Waals surface area contributed by atoms with Gasteiger partial charge in [-0.3, -0.25) is 0 Å². The summed E-state index contributed by atoms with van der Waals surface area (Å²) >= 11 is 3.34. The lowest BCUT2D eigenvalue weighted by molar-refractivity contribution is -0.137. The summed E-state index contributed by atoms with van der Waals surface area (Å²) < 4.78 is 38.6. The molecule has 0 aliphatic carbocycles. The van der Waals surface area contributed by atoms with E-state index >= 15 is 0 Å². The third-order valence-electron chi connectivity index (χ3n) is 3.51. The molecule has 2 heterocycles. The zero-order valence-electron chi connectivity index (χ0n) is 11.0. The van der Waals surface area contributed by atoms with Gasteiger partial charge in [-0.25, -0.2) is 4.98 Å². The molecule has 0 spiro atoms. The SMILES string of the molecule is FC(F)(F)c1ccc(N2CCCc3nc(Br)ccc32)cc1. The molecule has 1 aromatic heterocycles. The van der Waals surface area contributed by atoms with Crippen LogP contribution in [0.15, 0.2) is 41.0 Å². The highest BCUT2D eigenvalue weighted by Crippen LogP contribution is 2.35. The summed E-state index contributed by atoms with van der Waals surface area (Å²) in [5, 5.41) is 0. The Morgan fingerprint density at radius 1 is 1.05 bits per heavy atom. The Morgan fingerprint density at radius 3 is 2.43 bits per heavy atom. The van der Waals surface area contributed by atoms with Gasteiger partial charge in [-0.15, -0.1) is 0 Å². The highest BCUT2D eigenvalue weighted by atomic mass is 79.9. The number of aromatic nitrogens is 1. The van der Waals surface area contributed by atoms with E-state index in [0.717, 1.165) is 53.2 Å². The normalized spacial score (nSPS) is 15.0. The first-order chi connectivity index (χ1) is 9.95. The maximum Gasteiger partial charge on any atom is 0.416 e. The summed E-state index contributed by atoms with van der Waals surface area (Å²) in [6.45, 7) is 0.779. The summed E-state index contributed by atoms with van der Waals surface area (Å²) in [7, 11) is 0. The number of rotatable bonds is 1. The average Bonchev–Trinajstić information content (AvgIpc) is 2.45. The molecular weight excluding hydrogens is 345 g/mol. The molecule has 6 heteroatoms. The molecule has 110 valence electrons. The summed E-state index contributed by atoms with van der Waals surface area (Å²) in [6.07, 6.45) is -2.49. The van der Waals surface area contributed by atoms with Crippen LogP contribution in [0.2, 0.25) is 0 Å². The van der Waals surface area contributed by atoms with Gasteiger partial charge < -0.3 is 4.90 Å². The monoisotopic (exact) mass is 356 g/mol. The highest BCUT2D eigenvalue weighted by molar-refractivity contribution is 9.10. The molecule has 2 aromatic rings. The van der Waals surface area contributed by atoms with Crippen LogP contribution in [0.1, 0.15) is 17.7 Å². The lowest BCUT2D eigenvalue weighted by Crippen LogP contribution is -2.25. The molecule has 0 N–H and O–H groups in total. The summed E-state index contributed by atoms with van der Waals surface area (Å²) in [5.41, 5.74) is 2.06. The molecule has 0 unspecified atom stereocenters. The fourth-order valence-electron chi connectivity index (χ4n) is 2.52. The van der Waals surface area contributed by atoms with Gasteiger partial charge in [0.1, 0.15) is 4.60 Å². The van der Waals surface area contributed by atoms with E-state index in [2.05, 4.69) is 20.9 Å². The zero-order chi connectivity index (χ0) is 15.0. The lowest BCUT2D eigenvalue weighted by atomic mass is 10.1. The number of pyridine rings is 1. The number of anilines is 2. The fourth-order valence-corrected chi connectivity index (χ4v) is 2.87. The number of benzene rings is 1. The molecule has 1 aromatic carbocycles. The third-order valence-corrected chi connectivity index (χ3v) is 3.95. The van der Waals surface area contributed by atoms with Crippen molar-refractivity contribution in [3.63, 3.8) is 0 Å². The maximum absolute atomic E-state index is 12.6. The van der Waals surface area contributed by atoms with Crippen molar-refractivity contribution in [3.8, 4) is 0 Å². The Labute approximate surface area is 128 Å². The minimum Gasteiger partial charge on any atom is -0.340 e. The molecule has 0 bridgehead atoms. The average molecular weight is 357 g/mol. The smallest absolute Gasteiger partial charge is 0.340 e. The quantitative estimate of drug-likeness (QED) is 0.672. The molecule has 0 atom stereocenters. The number of hydrogen-bond donors (Lipinski definition) is 0. The van der Waals surface area contributed by atoms with E-state index in [-0.39, 0.29) is 0 Å². The summed E-state index contributed by atoms with van der Waals surface area (Å²) in [5.74, 6) is 0. The van der Waals surface area contributed by atoms with Crippen molar-refractivity contribution < 1.29 is 13.2 Å². The van der Waals surface area contributed by atoms with Crippen LogP contribution in [-0.4, -0.2) is 11.5 Å². The summed E-state index contributed by atoms with van der Waals surface area (Å²) in [4.78, 5) is 6.45. The van der Waals surface area contributed by atoms with Crippen molar-refractivity contribution >= 4 is 27.3 Å². The number of fused-ring (bicyclic) bond motifs is 1. The zero-order valence-corrected chi connectivity index (χ0v) is 12.6. The van der Waals surface area contributed by atoms with Gasteiger partial charge in [0.05, 0.1) is 16.9 Å². The molecule has 2 nitrogen and oxygen atoms in total. The van der Waals surface area contributed by atoms with Crippen molar-refractivity contribution in [2.45, 2.75) is 19.0 Å². The minimum absolute atomic E-state index is 0.627. The van der Waals surface area contributed by atoms with Crippen molar-refractivity contribution in [1.29, 1.82) is 0 Å². The number of nitrogens with zero attached hydrogens (tertiary/aromatic N) is 2. The van der Waals surface area contributed by atoms with Gasteiger partial charge in [-0.1, -0.05) is 0 Å². The van der Waals surface area contributed by atoms with Crippen molar-refractivity contribution in [2.75, 3.05) is 11.4 Å². The lowest BCUT2D eigenvalue weighted by Gasteiger charge is -2.30. The molecule has 0 amide bonds. The first-order valence-corrected chi connectivity index (χ1v) is 7.35. The predicted molar refractivity (Wildman–Crippen MR) is 78.7 cm³/mol. The van der Waals surface area contributed by atoms with Gasteiger partial charge in [0.15, 0.2) is 0 Å². The van der Waals surface area contributed by atoms with Crippen LogP contribution in [0.3, 0.4) is 0 Å². The van der Waals surface area contributed by atoms with Crippen LogP contribution in [0.25, 0.3) is 0 Å². The number of hydrogen-bond acceptors (Lipinski definition) is 2. The highest BCUT2D eigenvalue weighted by Gasteiger charge is 2.30. The molecule has 3 rings (SSSR count). The fraction of sp³-hybridized carbons (Fsp3) is 0.267. The first-order valence-electron chi connectivity index (χ1n) is 6.55. The molecule has 1 aliphatic heterocycles. The standard InChI is InChI=1S/C15H12BrF3N2/c16-14-8-7-13-12(20-14)2-1-9-21(13)11-5-3-10(4-6-11)15(17,18)19/h3-8H,1-2,9H2. The third kappa shape index (κ3) is 2.90. The maximum atomic E-state index is 12.6. The van der Waals surface area contributed by atoms with Crippen LogP contribution in [0.5, 0.6) is 0 Å². The molecule has 0 fully saturated rings. The minimum atomic E-state index is -4.30. The van der Waals surface area contributed by atoms with E-state index in [4.69, 9.17) is 0 Å². The van der Waals surface area contributed by atoms with Gasteiger partial charge in [0.2, 0.25) is 0 Å². The van der Waals surface area contributed by atoms with Crippen molar-refractivity contribution in [1.82, 2.24) is 4.98 Å². The second-order valence-corrected chi connectivity index (χ2v) is 5.71. The molecular formula is C15H12BrF3N2. The molecule has 0 radical (unpaired) electrons. The topological polar surface area (TPSA) is 16.1 Å². The Bertz CT molecular complexity index is 653. The first kappa shape index (κ1) is 14.4. The molecule has 1 aliphatic rings. The van der Waals surface area contributed by atoms with E-state index in [1.54, 1.807) is 0 Å². The van der Waals surface area contributed by atoms with Gasteiger partial charge in [-0.05, 0) is 65.2 Å². The number of alkyl halides is 3. The van der Waals surface area contributed by atoms with E-state index in [9.17, 15) is 13.2 Å². The van der Waals surface area contributed by atoms with Gasteiger partial charge >= 0.3 is 6.18 Å².